The number of aromatic hydroxyl groups is 1. The van der Waals surface area contributed by atoms with Gasteiger partial charge in [0.15, 0.2) is 0 Å². The Hall–Kier alpha value is -2.48. The number of nitrogens with zero attached hydrogens (tertiary/aromatic N) is 2. The van der Waals surface area contributed by atoms with E-state index < -0.39 is 11.0 Å². The van der Waals surface area contributed by atoms with Gasteiger partial charge in [-0.2, -0.15) is 0 Å². The number of hydrogen-bond acceptors (Lipinski definition) is 6. The van der Waals surface area contributed by atoms with Gasteiger partial charge in [-0.3, -0.25) is 14.7 Å². The number of carbonyl (C=O) groups excluding carboxylic acids is 1. The molecule has 2 saturated carbocycles. The third kappa shape index (κ3) is 3.88. The monoisotopic (exact) mass is 557 g/mol. The highest BCUT2D eigenvalue weighted by atomic mass is 16.5. The van der Waals surface area contributed by atoms with Gasteiger partial charge < -0.3 is 20.3 Å². The number of benzene rings is 1. The van der Waals surface area contributed by atoms with Crippen LogP contribution in [0.15, 0.2) is 42.6 Å². The predicted octanol–water partition coefficient (Wildman–Crippen LogP) is 4.14. The van der Waals surface area contributed by atoms with Crippen LogP contribution in [0.1, 0.15) is 87.4 Å². The molecule has 8 rings (SSSR count). The Morgan fingerprint density at radius 3 is 2.78 bits per heavy atom. The van der Waals surface area contributed by atoms with E-state index in [0.29, 0.717) is 12.8 Å². The molecule has 218 valence electrons. The second-order valence-electron chi connectivity index (χ2n) is 14.3. The topological polar surface area (TPSA) is 94.9 Å². The minimum absolute atomic E-state index is 0.00833. The molecule has 4 heterocycles. The van der Waals surface area contributed by atoms with Crippen LogP contribution in [0, 0.1) is 5.92 Å². The summed E-state index contributed by atoms with van der Waals surface area (Å²) in [4.78, 5) is 20.0. The summed E-state index contributed by atoms with van der Waals surface area (Å²) in [7, 11) is 0. The molecule has 6 atom stereocenters. The van der Waals surface area contributed by atoms with Gasteiger partial charge in [0.2, 0.25) is 5.91 Å². The Bertz CT molecular complexity index is 1340. The molecular weight excluding hydrogens is 514 g/mol. The van der Waals surface area contributed by atoms with Crippen molar-refractivity contribution in [1.29, 1.82) is 0 Å². The number of piperidine rings is 1. The number of phenols is 1. The van der Waals surface area contributed by atoms with Crippen molar-refractivity contribution in [3.63, 3.8) is 0 Å². The maximum Gasteiger partial charge on any atom is 0.220 e. The number of hydrogen-bond donors (Lipinski definition) is 3. The average molecular weight is 558 g/mol. The molecular formula is C34H43N3O4. The molecule has 6 aliphatic rings. The van der Waals surface area contributed by atoms with Gasteiger partial charge in [-0.25, -0.2) is 0 Å². The summed E-state index contributed by atoms with van der Waals surface area (Å²) in [6.07, 6.45) is 13.2. The summed E-state index contributed by atoms with van der Waals surface area (Å²) in [5.74, 6) is 0.537. The lowest BCUT2D eigenvalue weighted by atomic mass is 9.47. The van der Waals surface area contributed by atoms with Crippen LogP contribution in [0.3, 0.4) is 0 Å². The number of nitrogens with one attached hydrogen (secondary N) is 1. The molecule has 0 radical (unpaired) electrons. The lowest BCUT2D eigenvalue weighted by molar-refractivity contribution is -0.180. The number of aromatic nitrogens is 1. The molecule has 3 saturated heterocycles. The lowest BCUT2D eigenvalue weighted by Gasteiger charge is -2.65. The molecule has 1 amide bonds. The van der Waals surface area contributed by atoms with Crippen LogP contribution in [-0.2, 0) is 26.8 Å². The second-order valence-corrected chi connectivity index (χ2v) is 14.3. The van der Waals surface area contributed by atoms with Crippen molar-refractivity contribution in [1.82, 2.24) is 15.2 Å². The van der Waals surface area contributed by atoms with Crippen molar-refractivity contribution in [2.24, 2.45) is 5.92 Å². The van der Waals surface area contributed by atoms with Crippen molar-refractivity contribution < 1.29 is 19.7 Å². The van der Waals surface area contributed by atoms with E-state index in [1.807, 2.05) is 18.3 Å². The zero-order chi connectivity index (χ0) is 27.9. The second kappa shape index (κ2) is 9.26. The molecule has 1 aromatic carbocycles. The smallest absolute Gasteiger partial charge is 0.220 e. The summed E-state index contributed by atoms with van der Waals surface area (Å²) in [6.45, 7) is 2.61. The molecule has 1 spiro atoms. The fraction of sp³-hybridized carbons (Fsp3) is 0.647. The maximum absolute atomic E-state index is 12.9. The average Bonchev–Trinajstić information content (AvgIpc) is 3.56. The Labute approximate surface area is 242 Å². The zero-order valence-electron chi connectivity index (χ0n) is 24.0. The van der Waals surface area contributed by atoms with Crippen LogP contribution in [0.4, 0.5) is 0 Å². The third-order valence-corrected chi connectivity index (χ3v) is 12.4. The van der Waals surface area contributed by atoms with Crippen molar-refractivity contribution in [3.8, 4) is 5.75 Å². The highest BCUT2D eigenvalue weighted by Crippen LogP contribution is 2.61. The normalized spacial score (nSPS) is 39.1. The first kappa shape index (κ1) is 26.2. The molecule has 0 unspecified atom stereocenters. The van der Waals surface area contributed by atoms with E-state index in [1.165, 1.54) is 24.1 Å². The summed E-state index contributed by atoms with van der Waals surface area (Å²) < 4.78 is 6.51. The van der Waals surface area contributed by atoms with Gasteiger partial charge in [0.25, 0.3) is 0 Å². The van der Waals surface area contributed by atoms with Crippen LogP contribution in [0.25, 0.3) is 0 Å². The molecule has 7 heteroatoms. The molecule has 3 N–H and O–H groups in total. The van der Waals surface area contributed by atoms with Crippen molar-refractivity contribution >= 4 is 5.91 Å². The van der Waals surface area contributed by atoms with Crippen molar-refractivity contribution in [2.45, 2.75) is 111 Å². The van der Waals surface area contributed by atoms with E-state index in [0.717, 1.165) is 76.6 Å². The predicted molar refractivity (Wildman–Crippen MR) is 155 cm³/mol. The highest BCUT2D eigenvalue weighted by Gasteiger charge is 2.67. The van der Waals surface area contributed by atoms with E-state index in [4.69, 9.17) is 9.72 Å². The Balaban J connectivity index is 1.14. The zero-order valence-corrected chi connectivity index (χ0v) is 24.0. The third-order valence-electron chi connectivity index (χ3n) is 12.4. The standard InChI is InChI=1S/C34H43N3O4/c38-25-7-6-23-17-29-34(40)20-24-18-30(39)36-27(24)21-33(34,26(23)19-25)11-15-37(29)14-10-31(28-5-1-4-13-35-28)12-16-41-32(22-31)8-2-3-9-32/h1,4-7,13,19,24,27,29,38,40H,2-3,8-12,14-18,20-22H2,(H,36,39)/t24-,27+,29-,31-,33+,34-/m1/s1. The first-order valence-electron chi connectivity index (χ1n) is 16.0. The fourth-order valence-electron chi connectivity index (χ4n) is 10.5. The van der Waals surface area contributed by atoms with E-state index in [1.54, 1.807) is 6.07 Å². The number of fused-ring (bicyclic) bond motifs is 2. The lowest BCUT2D eigenvalue weighted by Crippen LogP contribution is -2.75. The number of pyridine rings is 1. The number of ether oxygens (including phenoxy) is 1. The number of carbonyl (C=O) groups is 1. The fourth-order valence-corrected chi connectivity index (χ4v) is 10.5. The van der Waals surface area contributed by atoms with Crippen LogP contribution in [0.2, 0.25) is 0 Å². The Kier molecular flexibility index (Phi) is 5.91. The molecule has 3 aliphatic heterocycles. The van der Waals surface area contributed by atoms with E-state index in [-0.39, 0.29) is 40.7 Å². The van der Waals surface area contributed by atoms with Gasteiger partial charge >= 0.3 is 0 Å². The van der Waals surface area contributed by atoms with Gasteiger partial charge in [-0.1, -0.05) is 25.0 Å². The van der Waals surface area contributed by atoms with Crippen molar-refractivity contribution in [3.05, 3.63) is 59.4 Å². The summed E-state index contributed by atoms with van der Waals surface area (Å²) in [6, 6.07) is 12.2. The highest BCUT2D eigenvalue weighted by molar-refractivity contribution is 5.79. The minimum Gasteiger partial charge on any atom is -0.508 e. The molecule has 2 aromatic rings. The molecule has 41 heavy (non-hydrogen) atoms. The molecule has 5 fully saturated rings. The van der Waals surface area contributed by atoms with Crippen LogP contribution < -0.4 is 5.32 Å². The quantitative estimate of drug-likeness (QED) is 0.523. The van der Waals surface area contributed by atoms with Gasteiger partial charge in [0.1, 0.15) is 5.75 Å². The maximum atomic E-state index is 12.9. The molecule has 2 bridgehead atoms. The minimum atomic E-state index is -0.931. The van der Waals surface area contributed by atoms with E-state index in [2.05, 4.69) is 28.4 Å². The van der Waals surface area contributed by atoms with E-state index in [9.17, 15) is 15.0 Å². The number of phenolic OH excluding ortho intramolecular Hbond substituents is 1. The van der Waals surface area contributed by atoms with Crippen LogP contribution in [-0.4, -0.2) is 69.0 Å². The number of rotatable bonds is 4. The van der Waals surface area contributed by atoms with Gasteiger partial charge in [0, 0.05) is 47.8 Å². The number of likely N-dealkylation sites (tertiary alicyclic amines) is 1. The Morgan fingerprint density at radius 1 is 1.07 bits per heavy atom. The molecule has 3 aliphatic carbocycles. The van der Waals surface area contributed by atoms with Crippen LogP contribution in [0.5, 0.6) is 5.75 Å². The molecule has 7 nitrogen and oxygen atoms in total. The summed E-state index contributed by atoms with van der Waals surface area (Å²) in [5.41, 5.74) is 2.11. The summed E-state index contributed by atoms with van der Waals surface area (Å²) >= 11 is 0. The summed E-state index contributed by atoms with van der Waals surface area (Å²) in [5, 5.41) is 26.6. The van der Waals surface area contributed by atoms with E-state index >= 15 is 0 Å². The first-order chi connectivity index (χ1) is 19.8. The van der Waals surface area contributed by atoms with Crippen molar-refractivity contribution in [2.75, 3.05) is 19.7 Å². The number of aliphatic hydroxyl groups is 1. The van der Waals surface area contributed by atoms with Gasteiger partial charge in [-0.15, -0.1) is 0 Å². The molecule has 1 aromatic heterocycles. The SMILES string of the molecule is O=C1C[C@@H]2C[C@@]3(O)[C@H]4Cc5ccc(O)cc5[C@]3(CCN4CC[C@@]3(c4ccccn4)CCOC4(CCCC4)C3)C[C@@H]2N1. The number of amides is 1. The van der Waals surface area contributed by atoms with Gasteiger partial charge in [0.05, 0.1) is 11.2 Å². The Morgan fingerprint density at radius 2 is 1.95 bits per heavy atom. The van der Waals surface area contributed by atoms with Gasteiger partial charge in [-0.05, 0) is 112 Å². The van der Waals surface area contributed by atoms with Crippen LogP contribution >= 0.6 is 0 Å². The first-order valence-corrected chi connectivity index (χ1v) is 16.0. The largest absolute Gasteiger partial charge is 0.508 e.